The number of halogens is 1. The molecule has 0 radical (unpaired) electrons. The largest absolute Gasteiger partial charge is 0.302 e. The molecule has 0 saturated carbocycles. The fourth-order valence-corrected chi connectivity index (χ4v) is 1.86. The van der Waals surface area contributed by atoms with Crippen LogP contribution in [-0.4, -0.2) is 15.2 Å². The summed E-state index contributed by atoms with van der Waals surface area (Å²) in [5.41, 5.74) is 1.96. The quantitative estimate of drug-likeness (QED) is 0.822. The van der Waals surface area contributed by atoms with E-state index in [1.165, 1.54) is 0 Å². The molecule has 0 aliphatic carbocycles. The standard InChI is InChI=1S/C10H9BrN2O/c1-7(14)5-8-3-2-4-9-10(11)12-6-13(8)9/h2-4,6H,5H2,1H3. The van der Waals surface area contributed by atoms with Gasteiger partial charge in [-0.3, -0.25) is 4.79 Å². The molecular formula is C10H9BrN2O. The molecule has 3 nitrogen and oxygen atoms in total. The number of nitrogens with zero attached hydrogens (tertiary/aromatic N) is 2. The number of imidazole rings is 1. The third-order valence-corrected chi connectivity index (χ3v) is 2.65. The molecule has 14 heavy (non-hydrogen) atoms. The zero-order chi connectivity index (χ0) is 10.1. The number of fused-ring (bicyclic) bond motifs is 1. The first-order valence-corrected chi connectivity index (χ1v) is 5.07. The fourth-order valence-electron chi connectivity index (χ4n) is 1.44. The summed E-state index contributed by atoms with van der Waals surface area (Å²) < 4.78 is 2.73. The van der Waals surface area contributed by atoms with Crippen LogP contribution in [-0.2, 0) is 11.2 Å². The van der Waals surface area contributed by atoms with E-state index in [9.17, 15) is 4.79 Å². The summed E-state index contributed by atoms with van der Waals surface area (Å²) in [4.78, 5) is 15.2. The van der Waals surface area contributed by atoms with Gasteiger partial charge in [0, 0.05) is 12.1 Å². The molecule has 0 amide bonds. The highest BCUT2D eigenvalue weighted by Crippen LogP contribution is 2.17. The van der Waals surface area contributed by atoms with E-state index in [2.05, 4.69) is 20.9 Å². The van der Waals surface area contributed by atoms with Gasteiger partial charge in [0.25, 0.3) is 0 Å². The summed E-state index contributed by atoms with van der Waals surface area (Å²) in [6, 6.07) is 5.82. The highest BCUT2D eigenvalue weighted by atomic mass is 79.9. The first-order valence-electron chi connectivity index (χ1n) is 4.28. The van der Waals surface area contributed by atoms with Crippen molar-refractivity contribution in [1.29, 1.82) is 0 Å². The van der Waals surface area contributed by atoms with Gasteiger partial charge in [-0.15, -0.1) is 0 Å². The molecule has 0 atom stereocenters. The Kier molecular flexibility index (Phi) is 2.37. The van der Waals surface area contributed by atoms with Crippen LogP contribution >= 0.6 is 15.9 Å². The van der Waals surface area contributed by atoms with Crippen molar-refractivity contribution < 1.29 is 4.79 Å². The maximum atomic E-state index is 11.0. The van der Waals surface area contributed by atoms with Gasteiger partial charge in [-0.2, -0.15) is 0 Å². The lowest BCUT2D eigenvalue weighted by Crippen LogP contribution is -2.01. The van der Waals surface area contributed by atoms with Crippen molar-refractivity contribution in [2.24, 2.45) is 0 Å². The zero-order valence-electron chi connectivity index (χ0n) is 7.70. The highest BCUT2D eigenvalue weighted by Gasteiger charge is 2.05. The van der Waals surface area contributed by atoms with Crippen LogP contribution in [0, 0.1) is 0 Å². The van der Waals surface area contributed by atoms with Gasteiger partial charge in [-0.25, -0.2) is 4.98 Å². The van der Waals surface area contributed by atoms with Crippen LogP contribution in [0.3, 0.4) is 0 Å². The van der Waals surface area contributed by atoms with Crippen LogP contribution in [0.4, 0.5) is 0 Å². The molecular weight excluding hydrogens is 244 g/mol. The van der Waals surface area contributed by atoms with Gasteiger partial charge >= 0.3 is 0 Å². The number of ketones is 1. The van der Waals surface area contributed by atoms with E-state index in [0.717, 1.165) is 15.8 Å². The van der Waals surface area contributed by atoms with Gasteiger partial charge in [-0.05, 0) is 35.0 Å². The van der Waals surface area contributed by atoms with Gasteiger partial charge in [0.05, 0.1) is 5.52 Å². The minimum atomic E-state index is 0.155. The topological polar surface area (TPSA) is 34.4 Å². The predicted molar refractivity (Wildman–Crippen MR) is 57.3 cm³/mol. The van der Waals surface area contributed by atoms with E-state index in [4.69, 9.17) is 0 Å². The number of hydrogen-bond acceptors (Lipinski definition) is 2. The monoisotopic (exact) mass is 252 g/mol. The molecule has 72 valence electrons. The lowest BCUT2D eigenvalue weighted by Gasteiger charge is -2.02. The Hall–Kier alpha value is -1.16. The molecule has 0 aromatic carbocycles. The summed E-state index contributed by atoms with van der Waals surface area (Å²) >= 11 is 3.35. The minimum Gasteiger partial charge on any atom is -0.302 e. The van der Waals surface area contributed by atoms with Gasteiger partial charge in [-0.1, -0.05) is 6.07 Å². The number of carbonyl (C=O) groups is 1. The van der Waals surface area contributed by atoms with Crippen LogP contribution in [0.5, 0.6) is 0 Å². The number of Topliss-reactive ketones (excluding diaryl/α,β-unsaturated/α-hetero) is 1. The lowest BCUT2D eigenvalue weighted by molar-refractivity contribution is -0.116. The van der Waals surface area contributed by atoms with Crippen molar-refractivity contribution >= 4 is 27.2 Å². The Labute approximate surface area is 89.9 Å². The number of pyridine rings is 1. The molecule has 2 rings (SSSR count). The van der Waals surface area contributed by atoms with Crippen molar-refractivity contribution in [3.8, 4) is 0 Å². The average molecular weight is 253 g/mol. The molecule has 2 aromatic heterocycles. The molecule has 0 fully saturated rings. The van der Waals surface area contributed by atoms with Crippen molar-refractivity contribution in [3.05, 3.63) is 34.8 Å². The average Bonchev–Trinajstić information content (AvgIpc) is 2.49. The highest BCUT2D eigenvalue weighted by molar-refractivity contribution is 9.10. The molecule has 2 heterocycles. The summed E-state index contributed by atoms with van der Waals surface area (Å²) in [6.07, 6.45) is 2.16. The van der Waals surface area contributed by atoms with Gasteiger partial charge in [0.1, 0.15) is 16.7 Å². The van der Waals surface area contributed by atoms with Crippen LogP contribution in [0.2, 0.25) is 0 Å². The maximum Gasteiger partial charge on any atom is 0.135 e. The molecule has 2 aromatic rings. The van der Waals surface area contributed by atoms with Crippen molar-refractivity contribution in [3.63, 3.8) is 0 Å². The second kappa shape index (κ2) is 3.53. The predicted octanol–water partition coefficient (Wildman–Crippen LogP) is 2.23. The maximum absolute atomic E-state index is 11.0. The van der Waals surface area contributed by atoms with E-state index in [0.29, 0.717) is 6.42 Å². The Balaban J connectivity index is 2.59. The normalized spacial score (nSPS) is 10.7. The number of hydrogen-bond donors (Lipinski definition) is 0. The first-order chi connectivity index (χ1) is 6.68. The minimum absolute atomic E-state index is 0.155. The van der Waals surface area contributed by atoms with E-state index < -0.39 is 0 Å². The third kappa shape index (κ3) is 1.57. The van der Waals surface area contributed by atoms with Crippen molar-refractivity contribution in [2.75, 3.05) is 0 Å². The smallest absolute Gasteiger partial charge is 0.135 e. The molecule has 0 bridgehead atoms. The lowest BCUT2D eigenvalue weighted by atomic mass is 10.2. The summed E-state index contributed by atoms with van der Waals surface area (Å²) in [5.74, 6) is 0.155. The number of carbonyl (C=O) groups excluding carboxylic acids is 1. The SMILES string of the molecule is CC(=O)Cc1cccc2c(Br)ncn12. The molecule has 0 saturated heterocycles. The van der Waals surface area contributed by atoms with E-state index in [1.807, 2.05) is 22.6 Å². The molecule has 0 spiro atoms. The summed E-state index contributed by atoms with van der Waals surface area (Å²) in [7, 11) is 0. The third-order valence-electron chi connectivity index (χ3n) is 2.04. The second-order valence-electron chi connectivity index (χ2n) is 3.19. The van der Waals surface area contributed by atoms with E-state index >= 15 is 0 Å². The van der Waals surface area contributed by atoms with Crippen molar-refractivity contribution in [1.82, 2.24) is 9.38 Å². The Morgan fingerprint density at radius 2 is 2.36 bits per heavy atom. The van der Waals surface area contributed by atoms with Gasteiger partial charge in [0.15, 0.2) is 0 Å². The van der Waals surface area contributed by atoms with E-state index in [-0.39, 0.29) is 5.78 Å². The number of rotatable bonds is 2. The Morgan fingerprint density at radius 1 is 1.57 bits per heavy atom. The van der Waals surface area contributed by atoms with E-state index in [1.54, 1.807) is 13.3 Å². The molecule has 0 aliphatic heterocycles. The first kappa shape index (κ1) is 9.40. The molecule has 4 heteroatoms. The van der Waals surface area contributed by atoms with Gasteiger partial charge < -0.3 is 4.40 Å². The Bertz CT molecular complexity index is 490. The zero-order valence-corrected chi connectivity index (χ0v) is 9.28. The van der Waals surface area contributed by atoms with Crippen LogP contribution < -0.4 is 0 Å². The van der Waals surface area contributed by atoms with Crippen LogP contribution in [0.15, 0.2) is 29.1 Å². The van der Waals surface area contributed by atoms with Gasteiger partial charge in [0.2, 0.25) is 0 Å². The molecule has 0 unspecified atom stereocenters. The molecule has 0 N–H and O–H groups in total. The number of aromatic nitrogens is 2. The van der Waals surface area contributed by atoms with Crippen LogP contribution in [0.25, 0.3) is 5.52 Å². The Morgan fingerprint density at radius 3 is 3.07 bits per heavy atom. The molecule has 0 aliphatic rings. The summed E-state index contributed by atoms with van der Waals surface area (Å²) in [5, 5.41) is 0. The fraction of sp³-hybridized carbons (Fsp3) is 0.200. The van der Waals surface area contributed by atoms with Crippen molar-refractivity contribution in [2.45, 2.75) is 13.3 Å². The summed E-state index contributed by atoms with van der Waals surface area (Å²) in [6.45, 7) is 1.59. The van der Waals surface area contributed by atoms with Crippen LogP contribution in [0.1, 0.15) is 12.6 Å². The second-order valence-corrected chi connectivity index (χ2v) is 3.94.